The molecule has 4 N–H and O–H groups in total. The zero-order chi connectivity index (χ0) is 16.8. The van der Waals surface area contributed by atoms with Gasteiger partial charge in [0.25, 0.3) is 0 Å². The normalized spacial score (nSPS) is 14.3. The van der Waals surface area contributed by atoms with Crippen LogP contribution in [0, 0.1) is 0 Å². The average molecular weight is 336 g/mol. The Bertz CT molecular complexity index is 579. The van der Waals surface area contributed by atoms with Gasteiger partial charge in [-0.1, -0.05) is 6.07 Å². The number of nitrogens with one attached hydrogen (secondary N) is 2. The van der Waals surface area contributed by atoms with Gasteiger partial charge in [0, 0.05) is 18.8 Å². The maximum absolute atomic E-state index is 12.1. The molecule has 1 aliphatic rings. The van der Waals surface area contributed by atoms with Crippen molar-refractivity contribution in [3.05, 3.63) is 23.8 Å². The van der Waals surface area contributed by atoms with Crippen LogP contribution < -0.4 is 21.3 Å². The van der Waals surface area contributed by atoms with Gasteiger partial charge in [-0.3, -0.25) is 9.69 Å². The third-order valence-corrected chi connectivity index (χ3v) is 4.44. The smallest absolute Gasteiger partial charge is 0.321 e. The van der Waals surface area contributed by atoms with E-state index in [0.717, 1.165) is 23.4 Å². The summed E-state index contributed by atoms with van der Waals surface area (Å²) in [7, 11) is 0. The lowest BCUT2D eigenvalue weighted by Crippen LogP contribution is -2.39. The summed E-state index contributed by atoms with van der Waals surface area (Å²) in [4.78, 5) is 25.9. The lowest BCUT2D eigenvalue weighted by atomic mass is 10.1. The van der Waals surface area contributed by atoms with E-state index in [2.05, 4.69) is 10.6 Å². The molecular formula is C16H24N4O2S. The van der Waals surface area contributed by atoms with Gasteiger partial charge in [0.1, 0.15) is 0 Å². The zero-order valence-electron chi connectivity index (χ0n) is 13.6. The second kappa shape index (κ2) is 8.21. The van der Waals surface area contributed by atoms with Gasteiger partial charge in [0.2, 0.25) is 5.91 Å². The van der Waals surface area contributed by atoms with Gasteiger partial charge in [-0.05, 0) is 49.5 Å². The summed E-state index contributed by atoms with van der Waals surface area (Å²) in [6.07, 6.45) is 3.46. The first-order chi connectivity index (χ1) is 11.1. The number of thioether (sulfide) groups is 1. The van der Waals surface area contributed by atoms with Gasteiger partial charge >= 0.3 is 6.03 Å². The molecule has 0 fully saturated rings. The molecular weight excluding hydrogens is 312 g/mol. The summed E-state index contributed by atoms with van der Waals surface area (Å²) < 4.78 is 0. The van der Waals surface area contributed by atoms with E-state index in [0.29, 0.717) is 25.2 Å². The molecule has 0 unspecified atom stereocenters. The first-order valence-corrected chi connectivity index (χ1v) is 9.19. The summed E-state index contributed by atoms with van der Waals surface area (Å²) >= 11 is 1.67. The van der Waals surface area contributed by atoms with Crippen LogP contribution in [-0.4, -0.2) is 43.1 Å². The van der Waals surface area contributed by atoms with Crippen molar-refractivity contribution in [3.63, 3.8) is 0 Å². The molecule has 23 heavy (non-hydrogen) atoms. The van der Waals surface area contributed by atoms with Crippen LogP contribution >= 0.6 is 11.8 Å². The molecule has 126 valence electrons. The van der Waals surface area contributed by atoms with E-state index in [1.165, 1.54) is 0 Å². The minimum absolute atomic E-state index is 0.105. The second-order valence-corrected chi connectivity index (χ2v) is 6.44. The first kappa shape index (κ1) is 17.6. The predicted molar refractivity (Wildman–Crippen MR) is 96.2 cm³/mol. The fourth-order valence-corrected chi connectivity index (χ4v) is 3.02. The number of benzene rings is 1. The number of anilines is 2. The van der Waals surface area contributed by atoms with Crippen LogP contribution in [0.1, 0.15) is 18.9 Å². The van der Waals surface area contributed by atoms with Gasteiger partial charge in [-0.25, -0.2) is 4.79 Å². The highest BCUT2D eigenvalue weighted by atomic mass is 32.2. The van der Waals surface area contributed by atoms with E-state index in [1.807, 2.05) is 31.4 Å². The molecule has 1 heterocycles. The zero-order valence-corrected chi connectivity index (χ0v) is 14.4. The van der Waals surface area contributed by atoms with Crippen LogP contribution in [0.25, 0.3) is 0 Å². The average Bonchev–Trinajstić information content (AvgIpc) is 2.96. The van der Waals surface area contributed by atoms with E-state index in [9.17, 15) is 9.59 Å². The van der Waals surface area contributed by atoms with Crippen LogP contribution in [-0.2, 0) is 11.2 Å². The Kier molecular flexibility index (Phi) is 6.29. The van der Waals surface area contributed by atoms with Crippen LogP contribution in [0.4, 0.5) is 16.2 Å². The molecule has 0 bridgehead atoms. The number of nitrogens with two attached hydrogens (primary N) is 1. The van der Waals surface area contributed by atoms with Crippen LogP contribution in [0.3, 0.4) is 0 Å². The summed E-state index contributed by atoms with van der Waals surface area (Å²) in [5.41, 5.74) is 8.52. The number of fused-ring (bicyclic) bond motifs is 1. The fraction of sp³-hybridized carbons (Fsp3) is 0.500. The van der Waals surface area contributed by atoms with E-state index < -0.39 is 6.04 Å². The maximum Gasteiger partial charge on any atom is 0.321 e. The predicted octanol–water partition coefficient (Wildman–Crippen LogP) is 1.80. The minimum Gasteiger partial charge on any atom is -0.338 e. The van der Waals surface area contributed by atoms with Gasteiger partial charge in [0.05, 0.1) is 11.7 Å². The number of rotatable bonds is 6. The van der Waals surface area contributed by atoms with Crippen molar-refractivity contribution in [3.8, 4) is 0 Å². The van der Waals surface area contributed by atoms with Crippen LogP contribution in [0.5, 0.6) is 0 Å². The Hall–Kier alpha value is -1.73. The molecule has 0 saturated carbocycles. The summed E-state index contributed by atoms with van der Waals surface area (Å²) in [5.74, 6) is 0.658. The lowest BCUT2D eigenvalue weighted by Gasteiger charge is -2.18. The molecule has 0 aromatic heterocycles. The number of urea groups is 1. The Balaban J connectivity index is 2.07. The quantitative estimate of drug-likeness (QED) is 0.739. The Morgan fingerprint density at radius 2 is 2.22 bits per heavy atom. The lowest BCUT2D eigenvalue weighted by molar-refractivity contribution is -0.117. The number of amides is 3. The van der Waals surface area contributed by atoms with Gasteiger partial charge in [0.15, 0.2) is 0 Å². The Morgan fingerprint density at radius 1 is 1.43 bits per heavy atom. The van der Waals surface area contributed by atoms with Gasteiger partial charge in [-0.15, -0.1) is 0 Å². The molecule has 0 spiro atoms. The van der Waals surface area contributed by atoms with Crippen molar-refractivity contribution in [1.82, 2.24) is 5.32 Å². The van der Waals surface area contributed by atoms with Crippen molar-refractivity contribution in [1.29, 1.82) is 0 Å². The van der Waals surface area contributed by atoms with Gasteiger partial charge < -0.3 is 16.4 Å². The molecule has 1 atom stereocenters. The number of hydrogen-bond donors (Lipinski definition) is 3. The molecule has 3 amide bonds. The van der Waals surface area contributed by atoms with Crippen molar-refractivity contribution < 1.29 is 9.59 Å². The molecule has 1 aromatic rings. The summed E-state index contributed by atoms with van der Waals surface area (Å²) in [6.45, 7) is 3.14. The third kappa shape index (κ3) is 4.39. The number of carbonyl (C=O) groups is 2. The van der Waals surface area contributed by atoms with Crippen LogP contribution in [0.2, 0.25) is 0 Å². The standard InChI is InChI=1S/C16H24N4O2S/c1-3-18-16(22)20-8-6-11-4-5-12(10-14(11)20)19-15(21)13(17)7-9-23-2/h4-5,10,13H,3,6-9,17H2,1-2H3,(H,18,22)(H,19,21)/t13-/m0/s1. The fourth-order valence-electron chi connectivity index (χ4n) is 2.53. The van der Waals surface area contributed by atoms with Crippen molar-refractivity contribution in [2.75, 3.05) is 35.3 Å². The van der Waals surface area contributed by atoms with E-state index >= 15 is 0 Å². The Morgan fingerprint density at radius 3 is 2.91 bits per heavy atom. The highest BCUT2D eigenvalue weighted by Crippen LogP contribution is 2.30. The SMILES string of the molecule is CCNC(=O)N1CCc2ccc(NC(=O)[C@@H](N)CCSC)cc21. The highest BCUT2D eigenvalue weighted by molar-refractivity contribution is 7.98. The van der Waals surface area contributed by atoms with Crippen molar-refractivity contribution in [2.45, 2.75) is 25.8 Å². The summed E-state index contributed by atoms with van der Waals surface area (Å²) in [6, 6.07) is 5.04. The second-order valence-electron chi connectivity index (χ2n) is 5.46. The molecule has 1 aromatic carbocycles. The first-order valence-electron chi connectivity index (χ1n) is 7.80. The largest absolute Gasteiger partial charge is 0.338 e. The molecule has 2 rings (SSSR count). The van der Waals surface area contributed by atoms with Crippen LogP contribution in [0.15, 0.2) is 18.2 Å². The highest BCUT2D eigenvalue weighted by Gasteiger charge is 2.25. The molecule has 0 saturated heterocycles. The Labute approximate surface area is 141 Å². The number of nitrogens with zero attached hydrogens (tertiary/aromatic N) is 1. The molecule has 0 radical (unpaired) electrons. The minimum atomic E-state index is -0.518. The topological polar surface area (TPSA) is 87.5 Å². The maximum atomic E-state index is 12.1. The van der Waals surface area contributed by atoms with E-state index in [1.54, 1.807) is 16.7 Å². The van der Waals surface area contributed by atoms with E-state index in [4.69, 9.17) is 5.73 Å². The molecule has 7 heteroatoms. The molecule has 6 nitrogen and oxygen atoms in total. The third-order valence-electron chi connectivity index (χ3n) is 3.79. The van der Waals surface area contributed by atoms with Crippen molar-refractivity contribution >= 4 is 35.1 Å². The summed E-state index contributed by atoms with van der Waals surface area (Å²) in [5, 5.41) is 5.65. The van der Waals surface area contributed by atoms with Gasteiger partial charge in [-0.2, -0.15) is 11.8 Å². The number of hydrogen-bond acceptors (Lipinski definition) is 4. The number of carbonyl (C=O) groups excluding carboxylic acids is 2. The monoisotopic (exact) mass is 336 g/mol. The van der Waals surface area contributed by atoms with E-state index in [-0.39, 0.29) is 11.9 Å². The van der Waals surface area contributed by atoms with Crippen molar-refractivity contribution in [2.24, 2.45) is 5.73 Å². The molecule has 1 aliphatic heterocycles. The molecule has 0 aliphatic carbocycles.